The van der Waals surface area contributed by atoms with E-state index in [9.17, 15) is 13.6 Å². The molecule has 0 radical (unpaired) electrons. The van der Waals surface area contributed by atoms with Crippen molar-refractivity contribution in [1.82, 2.24) is 10.3 Å². The van der Waals surface area contributed by atoms with Crippen LogP contribution >= 0.6 is 11.6 Å². The fourth-order valence-corrected chi connectivity index (χ4v) is 1.01. The second-order valence-corrected chi connectivity index (χ2v) is 3.37. The highest BCUT2D eigenvalue weighted by Crippen LogP contribution is 2.05. The molecule has 1 rings (SSSR count). The van der Waals surface area contributed by atoms with E-state index in [0.717, 1.165) is 0 Å². The van der Waals surface area contributed by atoms with Gasteiger partial charge in [-0.2, -0.15) is 0 Å². The molecular formula is C9H9ClF2N2O2. The van der Waals surface area contributed by atoms with Crippen LogP contribution in [0.3, 0.4) is 0 Å². The summed E-state index contributed by atoms with van der Waals surface area (Å²) in [6.45, 7) is -0.515. The molecule has 0 aliphatic carbocycles. The van der Waals surface area contributed by atoms with Gasteiger partial charge in [0, 0.05) is 12.7 Å². The molecule has 4 nitrogen and oxygen atoms in total. The van der Waals surface area contributed by atoms with Gasteiger partial charge in [0.15, 0.2) is 0 Å². The summed E-state index contributed by atoms with van der Waals surface area (Å²) in [6.07, 6.45) is -3.54. The number of pyridine rings is 1. The predicted octanol–water partition coefficient (Wildman–Crippen LogP) is 1.09. The van der Waals surface area contributed by atoms with E-state index in [1.807, 2.05) is 0 Å². The van der Waals surface area contributed by atoms with Crippen LogP contribution in [-0.4, -0.2) is 35.1 Å². The first kappa shape index (κ1) is 12.8. The van der Waals surface area contributed by atoms with Crippen molar-refractivity contribution in [2.45, 2.75) is 12.5 Å². The smallest absolute Gasteiger partial charge is 0.265 e. The SMILES string of the molecule is O=C(NCC(O)C(F)F)c1ccc(Cl)nc1. The topological polar surface area (TPSA) is 62.2 Å². The normalized spacial score (nSPS) is 12.6. The van der Waals surface area contributed by atoms with E-state index in [1.54, 1.807) is 0 Å². The third-order valence-corrected chi connectivity index (χ3v) is 1.98. The van der Waals surface area contributed by atoms with Crippen LogP contribution in [0.5, 0.6) is 0 Å². The van der Waals surface area contributed by atoms with Gasteiger partial charge in [-0.25, -0.2) is 13.8 Å². The van der Waals surface area contributed by atoms with Crippen LogP contribution in [0.25, 0.3) is 0 Å². The van der Waals surface area contributed by atoms with Gasteiger partial charge in [-0.3, -0.25) is 4.79 Å². The monoisotopic (exact) mass is 250 g/mol. The first-order valence-electron chi connectivity index (χ1n) is 4.36. The molecule has 0 saturated carbocycles. The standard InChI is InChI=1S/C9H9ClF2N2O2/c10-7-2-1-5(3-13-7)9(16)14-4-6(15)8(11)12/h1-3,6,8,15H,4H2,(H,14,16). The van der Waals surface area contributed by atoms with Crippen LogP contribution in [0.4, 0.5) is 8.78 Å². The molecule has 1 heterocycles. The fraction of sp³-hybridized carbons (Fsp3) is 0.333. The average Bonchev–Trinajstić information content (AvgIpc) is 2.26. The van der Waals surface area contributed by atoms with Gasteiger partial charge in [0.2, 0.25) is 0 Å². The first-order valence-corrected chi connectivity index (χ1v) is 4.74. The van der Waals surface area contributed by atoms with Crippen molar-refractivity contribution in [1.29, 1.82) is 0 Å². The van der Waals surface area contributed by atoms with Crippen LogP contribution in [0.1, 0.15) is 10.4 Å². The number of hydrogen-bond acceptors (Lipinski definition) is 3. The van der Waals surface area contributed by atoms with Crippen molar-refractivity contribution < 1.29 is 18.7 Å². The summed E-state index contributed by atoms with van der Waals surface area (Å²) in [5.41, 5.74) is 0.186. The van der Waals surface area contributed by atoms with Crippen LogP contribution < -0.4 is 5.32 Å². The number of rotatable bonds is 4. The first-order chi connectivity index (χ1) is 7.50. The predicted molar refractivity (Wildman–Crippen MR) is 53.6 cm³/mol. The third-order valence-electron chi connectivity index (χ3n) is 1.75. The van der Waals surface area contributed by atoms with Crippen LogP contribution in [0, 0.1) is 0 Å². The second kappa shape index (κ2) is 5.72. The number of halogens is 3. The number of aliphatic hydroxyl groups is 1. The van der Waals surface area contributed by atoms with E-state index in [2.05, 4.69) is 10.3 Å². The van der Waals surface area contributed by atoms with Gasteiger partial charge in [-0.15, -0.1) is 0 Å². The molecule has 0 saturated heterocycles. The summed E-state index contributed by atoms with van der Waals surface area (Å²) in [5.74, 6) is -0.594. The summed E-state index contributed by atoms with van der Waals surface area (Å²) in [6, 6.07) is 2.80. The maximum atomic E-state index is 11.9. The Morgan fingerprint density at radius 1 is 1.56 bits per heavy atom. The molecule has 0 fully saturated rings. The van der Waals surface area contributed by atoms with Crippen molar-refractivity contribution in [3.05, 3.63) is 29.0 Å². The van der Waals surface area contributed by atoms with Gasteiger partial charge in [-0.1, -0.05) is 11.6 Å². The van der Waals surface area contributed by atoms with Crippen molar-refractivity contribution in [3.8, 4) is 0 Å². The molecule has 0 aliphatic rings. The van der Waals surface area contributed by atoms with Gasteiger partial charge in [0.25, 0.3) is 12.3 Å². The number of aliphatic hydroxyl groups excluding tert-OH is 1. The molecule has 2 N–H and O–H groups in total. The Morgan fingerprint density at radius 3 is 2.75 bits per heavy atom. The van der Waals surface area contributed by atoms with E-state index >= 15 is 0 Å². The number of carbonyl (C=O) groups is 1. The molecular weight excluding hydrogens is 242 g/mol. The average molecular weight is 251 g/mol. The minimum atomic E-state index is -2.89. The molecule has 0 aliphatic heterocycles. The highest BCUT2D eigenvalue weighted by molar-refractivity contribution is 6.29. The number of nitrogens with one attached hydrogen (secondary N) is 1. The summed E-state index contributed by atoms with van der Waals surface area (Å²) >= 11 is 5.50. The Balaban J connectivity index is 2.50. The lowest BCUT2D eigenvalue weighted by molar-refractivity contribution is -0.00270. The highest BCUT2D eigenvalue weighted by atomic mass is 35.5. The quantitative estimate of drug-likeness (QED) is 0.787. The van der Waals surface area contributed by atoms with Crippen molar-refractivity contribution in [2.75, 3.05) is 6.54 Å². The maximum Gasteiger partial charge on any atom is 0.265 e. The molecule has 7 heteroatoms. The molecule has 1 amide bonds. The molecule has 1 atom stereocenters. The zero-order valence-electron chi connectivity index (χ0n) is 8.03. The molecule has 1 aromatic heterocycles. The van der Waals surface area contributed by atoms with Crippen LogP contribution in [-0.2, 0) is 0 Å². The van der Waals surface area contributed by atoms with E-state index in [1.165, 1.54) is 18.3 Å². The summed E-state index contributed by atoms with van der Waals surface area (Å²) in [7, 11) is 0. The van der Waals surface area contributed by atoms with Crippen LogP contribution in [0.2, 0.25) is 5.15 Å². The lowest BCUT2D eigenvalue weighted by Crippen LogP contribution is -2.35. The summed E-state index contributed by atoms with van der Waals surface area (Å²) in [4.78, 5) is 15.0. The Hall–Kier alpha value is -1.27. The van der Waals surface area contributed by atoms with Crippen LogP contribution in [0.15, 0.2) is 18.3 Å². The Kier molecular flexibility index (Phi) is 4.57. The van der Waals surface area contributed by atoms with Crippen molar-refractivity contribution >= 4 is 17.5 Å². The summed E-state index contributed by atoms with van der Waals surface area (Å²) in [5, 5.41) is 11.1. The number of amides is 1. The number of aromatic nitrogens is 1. The fourth-order valence-electron chi connectivity index (χ4n) is 0.899. The highest BCUT2D eigenvalue weighted by Gasteiger charge is 2.17. The molecule has 1 unspecified atom stereocenters. The Bertz CT molecular complexity index is 359. The lowest BCUT2D eigenvalue weighted by Gasteiger charge is -2.10. The molecule has 0 bridgehead atoms. The van der Waals surface area contributed by atoms with Gasteiger partial charge in [0.05, 0.1) is 5.56 Å². The third kappa shape index (κ3) is 3.71. The van der Waals surface area contributed by atoms with E-state index in [0.29, 0.717) is 0 Å². The van der Waals surface area contributed by atoms with E-state index < -0.39 is 25.0 Å². The molecule has 1 aromatic rings. The minimum Gasteiger partial charge on any atom is -0.385 e. The van der Waals surface area contributed by atoms with E-state index in [4.69, 9.17) is 16.7 Å². The molecule has 88 valence electrons. The summed E-state index contributed by atoms with van der Waals surface area (Å²) < 4.78 is 23.8. The van der Waals surface area contributed by atoms with Gasteiger partial charge in [0.1, 0.15) is 11.3 Å². The number of nitrogens with zero attached hydrogens (tertiary/aromatic N) is 1. The minimum absolute atomic E-state index is 0.186. The second-order valence-electron chi connectivity index (χ2n) is 2.98. The maximum absolute atomic E-state index is 11.9. The molecule has 16 heavy (non-hydrogen) atoms. The van der Waals surface area contributed by atoms with Gasteiger partial charge in [-0.05, 0) is 12.1 Å². The Morgan fingerprint density at radius 2 is 2.25 bits per heavy atom. The zero-order chi connectivity index (χ0) is 12.1. The van der Waals surface area contributed by atoms with Gasteiger partial charge >= 0.3 is 0 Å². The lowest BCUT2D eigenvalue weighted by atomic mass is 10.2. The number of alkyl halides is 2. The number of hydrogen-bond donors (Lipinski definition) is 2. The van der Waals surface area contributed by atoms with Crippen molar-refractivity contribution in [2.24, 2.45) is 0 Å². The molecule has 0 spiro atoms. The number of carbonyl (C=O) groups excluding carboxylic acids is 1. The zero-order valence-corrected chi connectivity index (χ0v) is 8.79. The van der Waals surface area contributed by atoms with Crippen molar-refractivity contribution in [3.63, 3.8) is 0 Å². The largest absolute Gasteiger partial charge is 0.385 e. The molecule has 0 aromatic carbocycles. The Labute approximate surface area is 95.3 Å². The van der Waals surface area contributed by atoms with E-state index in [-0.39, 0.29) is 10.7 Å². The van der Waals surface area contributed by atoms with Gasteiger partial charge < -0.3 is 10.4 Å².